The predicted molar refractivity (Wildman–Crippen MR) is 97.1 cm³/mol. The Morgan fingerprint density at radius 1 is 1.24 bits per heavy atom. The molecule has 0 bridgehead atoms. The van der Waals surface area contributed by atoms with Crippen molar-refractivity contribution in [2.24, 2.45) is 10.7 Å². The maximum atomic E-state index is 10.9. The zero-order valence-corrected chi connectivity index (χ0v) is 15.9. The van der Waals surface area contributed by atoms with Gasteiger partial charge in [0.2, 0.25) is 0 Å². The number of guanidine groups is 1. The maximum Gasteiger partial charge on any atom is 0.188 e. The van der Waals surface area contributed by atoms with Crippen LogP contribution in [0, 0.1) is 0 Å². The van der Waals surface area contributed by atoms with Gasteiger partial charge in [0.05, 0.1) is 25.5 Å². The van der Waals surface area contributed by atoms with Crippen molar-refractivity contribution in [3.63, 3.8) is 0 Å². The van der Waals surface area contributed by atoms with E-state index in [2.05, 4.69) is 10.3 Å². The molecule has 1 saturated carbocycles. The average Bonchev–Trinajstić information content (AvgIpc) is 2.61. The summed E-state index contributed by atoms with van der Waals surface area (Å²) < 4.78 is 27.0. The highest BCUT2D eigenvalue weighted by atomic mass is 127. The molecule has 1 rings (SSSR count). The Balaban J connectivity index is 0.00000400. The summed E-state index contributed by atoms with van der Waals surface area (Å²) in [4.78, 5) is 4.19. The summed E-state index contributed by atoms with van der Waals surface area (Å²) >= 11 is 0. The van der Waals surface area contributed by atoms with Crippen molar-refractivity contribution in [3.05, 3.63) is 0 Å². The lowest BCUT2D eigenvalue weighted by Gasteiger charge is -2.16. The van der Waals surface area contributed by atoms with E-state index in [9.17, 15) is 8.42 Å². The number of hydrogen-bond acceptors (Lipinski definition) is 4. The van der Waals surface area contributed by atoms with Gasteiger partial charge in [0.15, 0.2) is 5.96 Å². The van der Waals surface area contributed by atoms with Crippen LogP contribution >= 0.6 is 24.0 Å². The van der Waals surface area contributed by atoms with Crippen LogP contribution in [0.1, 0.15) is 38.5 Å². The Morgan fingerprint density at radius 3 is 2.43 bits per heavy atom. The van der Waals surface area contributed by atoms with Crippen LogP contribution in [0.5, 0.6) is 0 Å². The van der Waals surface area contributed by atoms with Gasteiger partial charge in [-0.15, -0.1) is 24.0 Å². The van der Waals surface area contributed by atoms with Crippen LogP contribution in [-0.2, 0) is 14.6 Å². The van der Waals surface area contributed by atoms with Gasteiger partial charge in [-0.1, -0.05) is 25.7 Å². The summed E-state index contributed by atoms with van der Waals surface area (Å²) in [6.07, 6.45) is 8.62. The monoisotopic (exact) mass is 433 g/mol. The van der Waals surface area contributed by atoms with Crippen molar-refractivity contribution in [2.45, 2.75) is 44.6 Å². The summed E-state index contributed by atoms with van der Waals surface area (Å²) in [5.41, 5.74) is 5.83. The molecule has 0 heterocycles. The SMILES string of the molecule is CS(=O)(=O)CCOCCN=C(N)NC1CCCCCC1.I. The number of sulfone groups is 1. The van der Waals surface area contributed by atoms with Crippen molar-refractivity contribution >= 4 is 39.8 Å². The first kappa shape index (κ1) is 20.9. The second-order valence-electron chi connectivity index (χ2n) is 5.34. The Hall–Kier alpha value is -0.0900. The van der Waals surface area contributed by atoms with Crippen LogP contribution in [0.3, 0.4) is 0 Å². The van der Waals surface area contributed by atoms with E-state index >= 15 is 0 Å². The second-order valence-corrected chi connectivity index (χ2v) is 7.60. The number of hydrogen-bond donors (Lipinski definition) is 2. The molecule has 0 spiro atoms. The third-order valence-corrected chi connectivity index (χ3v) is 4.23. The molecular weight excluding hydrogens is 405 g/mol. The number of rotatable bonds is 7. The lowest BCUT2D eigenvalue weighted by Crippen LogP contribution is -2.40. The molecular formula is C13H28IN3O3S. The molecule has 8 heteroatoms. The van der Waals surface area contributed by atoms with Crippen molar-refractivity contribution in [2.75, 3.05) is 31.8 Å². The molecule has 0 aromatic rings. The quantitative estimate of drug-likeness (QED) is 0.208. The summed E-state index contributed by atoms with van der Waals surface area (Å²) in [6, 6.07) is 0.437. The van der Waals surface area contributed by atoms with Crippen LogP contribution in [0.2, 0.25) is 0 Å². The molecule has 1 fully saturated rings. The van der Waals surface area contributed by atoms with Gasteiger partial charge >= 0.3 is 0 Å². The first-order chi connectivity index (χ1) is 9.47. The van der Waals surface area contributed by atoms with E-state index in [-0.39, 0.29) is 36.3 Å². The molecule has 0 aromatic carbocycles. The highest BCUT2D eigenvalue weighted by Gasteiger charge is 2.12. The lowest BCUT2D eigenvalue weighted by atomic mass is 10.1. The fourth-order valence-corrected chi connectivity index (χ4v) is 2.64. The minimum absolute atomic E-state index is 0. The molecule has 126 valence electrons. The smallest absolute Gasteiger partial charge is 0.188 e. The summed E-state index contributed by atoms with van der Waals surface area (Å²) in [5.74, 6) is 0.510. The summed E-state index contributed by atoms with van der Waals surface area (Å²) in [7, 11) is -2.95. The Labute approximate surface area is 145 Å². The Morgan fingerprint density at radius 2 is 1.86 bits per heavy atom. The maximum absolute atomic E-state index is 10.9. The first-order valence-electron chi connectivity index (χ1n) is 7.29. The fraction of sp³-hybridized carbons (Fsp3) is 0.923. The molecule has 0 unspecified atom stereocenters. The van der Waals surface area contributed by atoms with Gasteiger partial charge < -0.3 is 15.8 Å². The zero-order chi connectivity index (χ0) is 14.8. The van der Waals surface area contributed by atoms with E-state index in [4.69, 9.17) is 10.5 Å². The number of aliphatic imine (C=N–C) groups is 1. The summed E-state index contributed by atoms with van der Waals surface area (Å²) in [6.45, 7) is 1.06. The molecule has 1 aliphatic carbocycles. The number of nitrogens with one attached hydrogen (secondary N) is 1. The van der Waals surface area contributed by atoms with Gasteiger partial charge in [-0.25, -0.2) is 8.42 Å². The predicted octanol–water partition coefficient (Wildman–Crippen LogP) is 1.29. The number of halogens is 1. The average molecular weight is 433 g/mol. The van der Waals surface area contributed by atoms with Gasteiger partial charge in [0.25, 0.3) is 0 Å². The van der Waals surface area contributed by atoms with Crippen LogP contribution in [0.4, 0.5) is 0 Å². The van der Waals surface area contributed by atoms with Gasteiger partial charge in [0, 0.05) is 12.3 Å². The molecule has 6 nitrogen and oxygen atoms in total. The van der Waals surface area contributed by atoms with Crippen molar-refractivity contribution in [3.8, 4) is 0 Å². The van der Waals surface area contributed by atoms with E-state index in [0.717, 1.165) is 12.8 Å². The number of ether oxygens (including phenoxy) is 1. The third kappa shape index (κ3) is 12.2. The largest absolute Gasteiger partial charge is 0.378 e. The highest BCUT2D eigenvalue weighted by Crippen LogP contribution is 2.16. The zero-order valence-electron chi connectivity index (χ0n) is 12.7. The Bertz CT molecular complexity index is 393. The first-order valence-corrected chi connectivity index (χ1v) is 9.35. The van der Waals surface area contributed by atoms with Crippen LogP contribution in [-0.4, -0.2) is 52.2 Å². The van der Waals surface area contributed by atoms with Gasteiger partial charge in [-0.05, 0) is 12.8 Å². The van der Waals surface area contributed by atoms with E-state index in [1.807, 2.05) is 0 Å². The van der Waals surface area contributed by atoms with Gasteiger partial charge in [-0.3, -0.25) is 4.99 Å². The van der Waals surface area contributed by atoms with Gasteiger partial charge in [0.1, 0.15) is 9.84 Å². The molecule has 21 heavy (non-hydrogen) atoms. The molecule has 0 saturated heterocycles. The molecule has 0 atom stereocenters. The molecule has 0 radical (unpaired) electrons. The topological polar surface area (TPSA) is 93.8 Å². The van der Waals surface area contributed by atoms with Gasteiger partial charge in [-0.2, -0.15) is 0 Å². The van der Waals surface area contributed by atoms with Crippen LogP contribution in [0.25, 0.3) is 0 Å². The standard InChI is InChI=1S/C13H27N3O3S.HI/c1-20(17,18)11-10-19-9-8-15-13(14)16-12-6-4-2-3-5-7-12;/h12H,2-11H2,1H3,(H3,14,15,16);1H. The molecule has 0 amide bonds. The van der Waals surface area contributed by atoms with Crippen molar-refractivity contribution < 1.29 is 13.2 Å². The normalized spacial score (nSPS) is 17.9. The third-order valence-electron chi connectivity index (χ3n) is 3.32. The summed E-state index contributed by atoms with van der Waals surface area (Å²) in [5, 5.41) is 3.25. The fourth-order valence-electron chi connectivity index (χ4n) is 2.22. The minimum Gasteiger partial charge on any atom is -0.378 e. The van der Waals surface area contributed by atoms with Crippen molar-refractivity contribution in [1.82, 2.24) is 5.32 Å². The molecule has 1 aliphatic rings. The van der Waals surface area contributed by atoms with Crippen LogP contribution < -0.4 is 11.1 Å². The second kappa shape index (κ2) is 11.5. The Kier molecular flexibility index (Phi) is 11.4. The van der Waals surface area contributed by atoms with E-state index in [0.29, 0.717) is 25.2 Å². The molecule has 0 aromatic heterocycles. The van der Waals surface area contributed by atoms with Crippen molar-refractivity contribution in [1.29, 1.82) is 0 Å². The van der Waals surface area contributed by atoms with E-state index in [1.54, 1.807) is 0 Å². The highest BCUT2D eigenvalue weighted by molar-refractivity contribution is 14.0. The molecule has 3 N–H and O–H groups in total. The minimum atomic E-state index is -2.95. The number of nitrogens with two attached hydrogens (primary N) is 1. The van der Waals surface area contributed by atoms with Crippen LogP contribution in [0.15, 0.2) is 4.99 Å². The van der Waals surface area contributed by atoms with E-state index < -0.39 is 9.84 Å². The van der Waals surface area contributed by atoms with E-state index in [1.165, 1.54) is 31.9 Å². The molecule has 0 aliphatic heterocycles. The lowest BCUT2D eigenvalue weighted by molar-refractivity contribution is 0.157. The number of nitrogens with zero attached hydrogens (tertiary/aromatic N) is 1.